The van der Waals surface area contributed by atoms with Crippen molar-refractivity contribution in [2.24, 2.45) is 0 Å². The topological polar surface area (TPSA) is 15.8 Å². The van der Waals surface area contributed by atoms with Gasteiger partial charge in [-0.2, -0.15) is 0 Å². The zero-order valence-electron chi connectivity index (χ0n) is 10.4. The van der Waals surface area contributed by atoms with Crippen LogP contribution in [0.3, 0.4) is 0 Å². The molecule has 0 unspecified atom stereocenters. The van der Waals surface area contributed by atoms with Crippen LogP contribution in [-0.4, -0.2) is 4.98 Å². The van der Waals surface area contributed by atoms with Crippen molar-refractivity contribution in [1.29, 1.82) is 0 Å². The molecule has 0 atom stereocenters. The van der Waals surface area contributed by atoms with E-state index in [1.807, 2.05) is 18.2 Å². The Kier molecular flexibility index (Phi) is 2.18. The minimum Gasteiger partial charge on any atom is -0.354 e. The van der Waals surface area contributed by atoms with Gasteiger partial charge in [-0.25, -0.2) is 0 Å². The summed E-state index contributed by atoms with van der Waals surface area (Å²) in [6.45, 7) is 0. The van der Waals surface area contributed by atoms with E-state index in [1.54, 1.807) is 0 Å². The van der Waals surface area contributed by atoms with E-state index in [1.165, 1.54) is 32.9 Å². The Labute approximate surface area is 111 Å². The quantitative estimate of drug-likeness (QED) is 0.494. The molecule has 89 valence electrons. The molecular weight excluding hydrogens is 230 g/mol. The highest BCUT2D eigenvalue weighted by atomic mass is 14.7. The second kappa shape index (κ2) is 3.99. The maximum Gasteiger partial charge on any atom is 0.0544 e. The van der Waals surface area contributed by atoms with Gasteiger partial charge in [0.25, 0.3) is 0 Å². The fourth-order valence-electron chi connectivity index (χ4n) is 2.67. The molecule has 0 bridgehead atoms. The van der Waals surface area contributed by atoms with Gasteiger partial charge in [-0.15, -0.1) is 0 Å². The van der Waals surface area contributed by atoms with Crippen molar-refractivity contribution in [3.63, 3.8) is 0 Å². The molecule has 4 rings (SSSR count). The van der Waals surface area contributed by atoms with Gasteiger partial charge in [0.15, 0.2) is 0 Å². The summed E-state index contributed by atoms with van der Waals surface area (Å²) in [5.41, 5.74) is 4.80. The van der Waals surface area contributed by atoms with Crippen LogP contribution in [0.4, 0.5) is 0 Å². The third-order valence-electron chi connectivity index (χ3n) is 3.56. The number of aromatic amines is 1. The van der Waals surface area contributed by atoms with E-state index in [-0.39, 0.29) is 0 Å². The van der Waals surface area contributed by atoms with Crippen LogP contribution in [0.1, 0.15) is 0 Å². The molecule has 3 aromatic carbocycles. The number of benzene rings is 3. The summed E-state index contributed by atoms with van der Waals surface area (Å²) in [7, 11) is 0. The number of hydrogen-bond acceptors (Lipinski definition) is 0. The van der Waals surface area contributed by atoms with Crippen molar-refractivity contribution in [2.75, 3.05) is 0 Å². The highest BCUT2D eigenvalue weighted by Crippen LogP contribution is 2.32. The third kappa shape index (κ3) is 1.55. The lowest BCUT2D eigenvalue weighted by atomic mass is 10.0. The minimum absolute atomic E-state index is 1.19. The zero-order valence-corrected chi connectivity index (χ0v) is 10.4. The molecule has 0 aliphatic rings. The molecular formula is C18H12N. The summed E-state index contributed by atoms with van der Waals surface area (Å²) in [5, 5.41) is 2.55. The smallest absolute Gasteiger partial charge is 0.0544 e. The summed E-state index contributed by atoms with van der Waals surface area (Å²) in [6.07, 6.45) is 0. The maximum atomic E-state index is 3.53. The first kappa shape index (κ1) is 10.4. The highest BCUT2D eigenvalue weighted by molar-refractivity contribution is 6.11. The second-order valence-electron chi connectivity index (χ2n) is 4.69. The fraction of sp³-hybridized carbons (Fsp3) is 0. The molecule has 0 saturated heterocycles. The standard InChI is InChI=1S/C18H12N/c1-2-7-13(8-3-1)14-10-6-11-16-15-9-4-5-12-17(15)19-18(14)16/h1-2,4-12,19H. The van der Waals surface area contributed by atoms with E-state index in [9.17, 15) is 0 Å². The predicted octanol–water partition coefficient (Wildman–Crippen LogP) is 4.79. The van der Waals surface area contributed by atoms with Gasteiger partial charge in [0, 0.05) is 21.9 Å². The van der Waals surface area contributed by atoms with Gasteiger partial charge in [-0.1, -0.05) is 54.6 Å². The monoisotopic (exact) mass is 242 g/mol. The molecule has 0 aliphatic heterocycles. The molecule has 1 nitrogen and oxygen atoms in total. The molecule has 4 aromatic rings. The summed E-state index contributed by atoms with van der Waals surface area (Å²) >= 11 is 0. The number of aromatic nitrogens is 1. The maximum absolute atomic E-state index is 3.53. The van der Waals surface area contributed by atoms with Gasteiger partial charge in [-0.05, 0) is 23.8 Å². The van der Waals surface area contributed by atoms with Crippen LogP contribution in [-0.2, 0) is 0 Å². The van der Waals surface area contributed by atoms with Gasteiger partial charge in [0.2, 0.25) is 0 Å². The van der Waals surface area contributed by atoms with E-state index in [0.717, 1.165) is 0 Å². The summed E-state index contributed by atoms with van der Waals surface area (Å²) < 4.78 is 0. The summed E-state index contributed by atoms with van der Waals surface area (Å²) in [4.78, 5) is 3.53. The number of fused-ring (bicyclic) bond motifs is 3. The second-order valence-corrected chi connectivity index (χ2v) is 4.69. The van der Waals surface area contributed by atoms with Crippen LogP contribution in [0, 0.1) is 6.07 Å². The van der Waals surface area contributed by atoms with Crippen LogP contribution >= 0.6 is 0 Å². The summed E-state index contributed by atoms with van der Waals surface area (Å²) in [6, 6.07) is 26.1. The normalized spacial score (nSPS) is 11.2. The van der Waals surface area contributed by atoms with Crippen molar-refractivity contribution < 1.29 is 0 Å². The van der Waals surface area contributed by atoms with Crippen molar-refractivity contribution in [3.05, 3.63) is 72.8 Å². The SMILES string of the molecule is [c]1cccc(-c2cccc3c2[nH]c2ccccc23)c1. The lowest BCUT2D eigenvalue weighted by Gasteiger charge is -2.02. The average molecular weight is 242 g/mol. The first-order chi connectivity index (χ1) is 9.43. The van der Waals surface area contributed by atoms with Crippen LogP contribution in [0.15, 0.2) is 66.7 Å². The lowest BCUT2D eigenvalue weighted by Crippen LogP contribution is -1.79. The number of H-pyrrole nitrogens is 1. The van der Waals surface area contributed by atoms with Crippen LogP contribution < -0.4 is 0 Å². The Hall–Kier alpha value is -2.54. The van der Waals surface area contributed by atoms with Gasteiger partial charge < -0.3 is 4.98 Å². The largest absolute Gasteiger partial charge is 0.354 e. The Morgan fingerprint density at radius 2 is 1.68 bits per heavy atom. The van der Waals surface area contributed by atoms with Gasteiger partial charge in [-0.3, -0.25) is 0 Å². The average Bonchev–Trinajstić information content (AvgIpc) is 2.87. The van der Waals surface area contributed by atoms with Crippen LogP contribution in [0.5, 0.6) is 0 Å². The third-order valence-corrected chi connectivity index (χ3v) is 3.56. The molecule has 0 fully saturated rings. The number of hydrogen-bond donors (Lipinski definition) is 1. The Morgan fingerprint density at radius 3 is 2.58 bits per heavy atom. The van der Waals surface area contributed by atoms with Crippen molar-refractivity contribution in [2.45, 2.75) is 0 Å². The highest BCUT2D eigenvalue weighted by Gasteiger charge is 2.08. The Bertz CT molecular complexity index is 857. The van der Waals surface area contributed by atoms with Crippen LogP contribution in [0.25, 0.3) is 32.9 Å². The molecule has 1 radical (unpaired) electrons. The number of nitrogens with one attached hydrogen (secondary N) is 1. The molecule has 1 heterocycles. The van der Waals surface area contributed by atoms with Crippen LogP contribution in [0.2, 0.25) is 0 Å². The molecule has 19 heavy (non-hydrogen) atoms. The van der Waals surface area contributed by atoms with Crippen molar-refractivity contribution >= 4 is 21.8 Å². The fourth-order valence-corrected chi connectivity index (χ4v) is 2.67. The van der Waals surface area contributed by atoms with Gasteiger partial charge >= 0.3 is 0 Å². The predicted molar refractivity (Wildman–Crippen MR) is 80.1 cm³/mol. The number of para-hydroxylation sites is 2. The number of rotatable bonds is 1. The molecule has 1 aromatic heterocycles. The van der Waals surface area contributed by atoms with E-state index < -0.39 is 0 Å². The Morgan fingerprint density at radius 1 is 0.789 bits per heavy atom. The molecule has 0 amide bonds. The molecule has 1 heteroatoms. The van der Waals surface area contributed by atoms with E-state index in [2.05, 4.69) is 59.6 Å². The molecule has 0 aliphatic carbocycles. The van der Waals surface area contributed by atoms with Gasteiger partial charge in [0.05, 0.1) is 5.52 Å². The lowest BCUT2D eigenvalue weighted by molar-refractivity contribution is 1.53. The van der Waals surface area contributed by atoms with E-state index in [0.29, 0.717) is 0 Å². The molecule has 0 spiro atoms. The van der Waals surface area contributed by atoms with Crippen molar-refractivity contribution in [1.82, 2.24) is 4.98 Å². The van der Waals surface area contributed by atoms with Crippen molar-refractivity contribution in [3.8, 4) is 11.1 Å². The summed E-state index contributed by atoms with van der Waals surface area (Å²) in [5.74, 6) is 0. The first-order valence-corrected chi connectivity index (χ1v) is 6.39. The molecule has 0 saturated carbocycles. The molecule has 1 N–H and O–H groups in total. The van der Waals surface area contributed by atoms with E-state index in [4.69, 9.17) is 0 Å². The minimum atomic E-state index is 1.19. The Balaban J connectivity index is 2.13. The first-order valence-electron chi connectivity index (χ1n) is 6.39. The zero-order chi connectivity index (χ0) is 12.7. The van der Waals surface area contributed by atoms with E-state index >= 15 is 0 Å². The van der Waals surface area contributed by atoms with Gasteiger partial charge in [0.1, 0.15) is 0 Å².